The molecule has 0 saturated heterocycles. The number of rotatable bonds is 9. The summed E-state index contributed by atoms with van der Waals surface area (Å²) in [5.41, 5.74) is 12.8. The molecule has 0 atom stereocenters. The van der Waals surface area contributed by atoms with Crippen LogP contribution in [0.2, 0.25) is 0 Å². The minimum Gasteiger partial charge on any atom is -0.358 e. The van der Waals surface area contributed by atoms with Crippen LogP contribution in [-0.2, 0) is 7.05 Å². The summed E-state index contributed by atoms with van der Waals surface area (Å²) in [5.74, 6) is 4.60. The SMILES string of the molecule is CC(C)C.CC(C)c1cc(-c2ccc3c4ccccc4c4ccccc4c3c2)cc(C(C)C)c1-n1ccnc1-c1[c-]cccc1.CC(C)c1cccc(C(C)C)c1-n1cc[n+](C)c1-c1ccccc1.[CH3-].[Sr+2]. The Morgan fingerprint density at radius 2 is 0.930 bits per heavy atom. The molecule has 0 bridgehead atoms. The van der Waals surface area contributed by atoms with E-state index in [9.17, 15) is 0 Å². The van der Waals surface area contributed by atoms with Crippen molar-refractivity contribution in [2.45, 2.75) is 99.8 Å². The van der Waals surface area contributed by atoms with Gasteiger partial charge < -0.3 is 12.0 Å². The number of aromatic nitrogens is 4. The van der Waals surface area contributed by atoms with Crippen LogP contribution in [0.4, 0.5) is 0 Å². The molecule has 0 aliphatic carbocycles. The maximum Gasteiger partial charge on any atom is 2.00 e. The summed E-state index contributed by atoms with van der Waals surface area (Å²) in [7, 11) is 2.12. The van der Waals surface area contributed by atoms with Gasteiger partial charge in [-0.05, 0) is 114 Å². The average Bonchev–Trinajstić information content (AvgIpc) is 4.00. The van der Waals surface area contributed by atoms with E-state index in [4.69, 9.17) is 4.98 Å². The first-order valence-electron chi connectivity index (χ1n) is 25.0. The Bertz CT molecular complexity index is 3240. The largest absolute Gasteiger partial charge is 2.00 e. The molecule has 0 spiro atoms. The number of nitrogens with zero attached hydrogens (tertiary/aromatic N) is 4. The van der Waals surface area contributed by atoms with Gasteiger partial charge >= 0.3 is 45.5 Å². The van der Waals surface area contributed by atoms with E-state index in [2.05, 4.69) is 255 Å². The van der Waals surface area contributed by atoms with Gasteiger partial charge in [0.25, 0.3) is 5.82 Å². The second-order valence-corrected chi connectivity index (χ2v) is 20.4. The number of fused-ring (bicyclic) bond motifs is 6. The first-order chi connectivity index (χ1) is 33.2. The van der Waals surface area contributed by atoms with Gasteiger partial charge in [-0.2, -0.15) is 4.57 Å². The van der Waals surface area contributed by atoms with Crippen LogP contribution >= 0.6 is 0 Å². The fourth-order valence-electron chi connectivity index (χ4n) is 9.69. The molecule has 0 unspecified atom stereocenters. The van der Waals surface area contributed by atoms with Gasteiger partial charge in [0.15, 0.2) is 0 Å². The van der Waals surface area contributed by atoms with Gasteiger partial charge in [-0.3, -0.25) is 4.98 Å². The van der Waals surface area contributed by atoms with Gasteiger partial charge in [0.2, 0.25) is 0 Å². The van der Waals surface area contributed by atoms with Crippen LogP contribution in [-0.4, -0.2) is 59.6 Å². The van der Waals surface area contributed by atoms with Crippen molar-refractivity contribution < 1.29 is 4.57 Å². The summed E-state index contributed by atoms with van der Waals surface area (Å²) in [6.45, 7) is 24.7. The van der Waals surface area contributed by atoms with E-state index >= 15 is 0 Å². The van der Waals surface area contributed by atoms with Gasteiger partial charge in [0.1, 0.15) is 18.1 Å². The number of hydrogen-bond donors (Lipinski definition) is 0. The first kappa shape index (κ1) is 54.8. The van der Waals surface area contributed by atoms with Gasteiger partial charge in [-0.25, -0.2) is 4.57 Å². The van der Waals surface area contributed by atoms with Crippen LogP contribution in [0.5, 0.6) is 0 Å². The van der Waals surface area contributed by atoms with Gasteiger partial charge in [-0.1, -0.05) is 173 Å². The predicted molar refractivity (Wildman–Crippen MR) is 307 cm³/mol. The standard InChI is InChI=1S/C39H33N2.C22H27N2.C4H10.CH3.Sr/c1-25(2)35-23-29(24-36(26(3)4)38(35)41-21-20-40-39(41)27-12-6-5-7-13-27)28-18-19-34-32-16-9-8-14-30(32)31-15-10-11-17-33(31)37(34)22-28;1-16(2)19-12-9-13-20(17(3)4)21(19)24-15-14-23(5)22(24)18-10-7-6-8-11-18;1-4(2)3;;/h5-12,14-26H,1-4H3;6-17H,1-5H3;4H,1-3H3;1H3;/q-1;+1;;-1;+2. The fourth-order valence-corrected chi connectivity index (χ4v) is 9.69. The molecule has 8 aromatic carbocycles. The van der Waals surface area contributed by atoms with Crippen molar-refractivity contribution in [3.63, 3.8) is 0 Å². The van der Waals surface area contributed by atoms with Gasteiger partial charge in [-0.15, -0.1) is 35.9 Å². The maximum atomic E-state index is 4.76. The second kappa shape index (κ2) is 24.2. The third kappa shape index (κ3) is 11.7. The molecule has 0 N–H and O–H groups in total. The van der Waals surface area contributed by atoms with Crippen molar-refractivity contribution in [3.8, 4) is 45.3 Å². The molecule has 71 heavy (non-hydrogen) atoms. The van der Waals surface area contributed by atoms with Crippen LogP contribution in [0.3, 0.4) is 0 Å². The van der Waals surface area contributed by atoms with E-state index in [0.717, 1.165) is 17.3 Å². The molecule has 0 aliphatic rings. The zero-order chi connectivity index (χ0) is 48.9. The molecule has 0 fully saturated rings. The molecular formula is C66H73N4Sr+. The van der Waals surface area contributed by atoms with Gasteiger partial charge in [0.05, 0.1) is 18.4 Å². The molecule has 5 heteroatoms. The Balaban J connectivity index is 0.000000235. The van der Waals surface area contributed by atoms with Crippen LogP contribution < -0.4 is 4.57 Å². The monoisotopic (exact) mass is 1010 g/mol. The summed E-state index contributed by atoms with van der Waals surface area (Å²) in [5, 5.41) is 7.82. The molecular weight excluding hydrogens is 936 g/mol. The summed E-state index contributed by atoms with van der Waals surface area (Å²) < 4.78 is 6.83. The van der Waals surface area contributed by atoms with Crippen LogP contribution in [0.1, 0.15) is 122 Å². The fraction of sp³-hybridized carbons (Fsp3) is 0.258. The summed E-state index contributed by atoms with van der Waals surface area (Å²) in [4.78, 5) is 4.76. The second-order valence-electron chi connectivity index (χ2n) is 20.4. The molecule has 10 rings (SSSR count). The van der Waals surface area contributed by atoms with Crippen molar-refractivity contribution >= 4 is 77.8 Å². The van der Waals surface area contributed by atoms with Crippen molar-refractivity contribution in [2.75, 3.05) is 0 Å². The molecule has 0 saturated carbocycles. The Kier molecular flexibility index (Phi) is 18.7. The number of imidazole rings is 2. The normalized spacial score (nSPS) is 11.2. The van der Waals surface area contributed by atoms with E-state index in [0.29, 0.717) is 23.7 Å². The van der Waals surface area contributed by atoms with E-state index in [1.807, 2.05) is 24.4 Å². The molecule has 2 heterocycles. The number of para-hydroxylation sites is 1. The van der Waals surface area contributed by atoms with Crippen LogP contribution in [0.15, 0.2) is 176 Å². The topological polar surface area (TPSA) is 26.6 Å². The van der Waals surface area contributed by atoms with Crippen molar-refractivity contribution in [3.05, 3.63) is 212 Å². The Morgan fingerprint density at radius 1 is 0.451 bits per heavy atom. The minimum absolute atomic E-state index is 0. The van der Waals surface area contributed by atoms with E-state index in [-0.39, 0.29) is 52.9 Å². The zero-order valence-electron chi connectivity index (χ0n) is 44.6. The Morgan fingerprint density at radius 3 is 1.44 bits per heavy atom. The number of benzene rings is 8. The molecule has 0 aliphatic heterocycles. The third-order valence-electron chi connectivity index (χ3n) is 12.9. The van der Waals surface area contributed by atoms with E-state index in [1.54, 1.807) is 0 Å². The molecule has 2 aromatic heterocycles. The van der Waals surface area contributed by atoms with Crippen molar-refractivity contribution in [2.24, 2.45) is 13.0 Å². The van der Waals surface area contributed by atoms with E-state index < -0.39 is 0 Å². The smallest absolute Gasteiger partial charge is 0.358 e. The summed E-state index contributed by atoms with van der Waals surface area (Å²) >= 11 is 0. The summed E-state index contributed by atoms with van der Waals surface area (Å²) in [6.07, 6.45) is 8.33. The minimum atomic E-state index is 0. The maximum absolute atomic E-state index is 4.76. The van der Waals surface area contributed by atoms with E-state index in [1.165, 1.54) is 88.5 Å². The predicted octanol–water partition coefficient (Wildman–Crippen LogP) is 17.7. The third-order valence-corrected chi connectivity index (χ3v) is 12.9. The van der Waals surface area contributed by atoms with Crippen LogP contribution in [0.25, 0.3) is 77.6 Å². The number of hydrogen-bond acceptors (Lipinski definition) is 1. The molecule has 358 valence electrons. The number of aryl methyl sites for hydroxylation is 1. The Labute approximate surface area is 462 Å². The average molecular weight is 1010 g/mol. The Hall–Kier alpha value is -5.56. The van der Waals surface area contributed by atoms with Gasteiger partial charge in [0, 0.05) is 29.2 Å². The van der Waals surface area contributed by atoms with Crippen molar-refractivity contribution in [1.82, 2.24) is 14.1 Å². The van der Waals surface area contributed by atoms with Crippen LogP contribution in [0, 0.1) is 19.4 Å². The molecule has 0 amide bonds. The molecule has 0 radical (unpaired) electrons. The quantitative estimate of drug-likeness (QED) is 0.0612. The van der Waals surface area contributed by atoms with Crippen molar-refractivity contribution in [1.29, 1.82) is 0 Å². The summed E-state index contributed by atoms with van der Waals surface area (Å²) in [6, 6.07) is 58.2. The molecule has 10 aromatic rings. The first-order valence-corrected chi connectivity index (χ1v) is 25.0. The molecule has 4 nitrogen and oxygen atoms in total. The zero-order valence-corrected chi connectivity index (χ0v) is 48.1.